The lowest BCUT2D eigenvalue weighted by Crippen LogP contribution is -2.30. The first kappa shape index (κ1) is 18.2. The van der Waals surface area contributed by atoms with Gasteiger partial charge in [0.25, 0.3) is 0 Å². The van der Waals surface area contributed by atoms with Crippen LogP contribution in [0.5, 0.6) is 0 Å². The highest BCUT2D eigenvalue weighted by Crippen LogP contribution is 2.48. The molecule has 1 aliphatic carbocycles. The Morgan fingerprint density at radius 1 is 0.808 bits per heavy atom. The van der Waals surface area contributed by atoms with Crippen molar-refractivity contribution in [1.82, 2.24) is 9.55 Å². The summed E-state index contributed by atoms with van der Waals surface area (Å²) in [5.41, 5.74) is 4.15. The fourth-order valence-electron chi connectivity index (χ4n) is 3.51. The zero-order valence-electron chi connectivity index (χ0n) is 13.6. The minimum atomic E-state index is -0.424. The van der Waals surface area contributed by atoms with E-state index in [4.69, 9.17) is 46.4 Å². The molecule has 6 heteroatoms. The molecular formula is C20H16Cl4N2. The molecule has 4 rings (SSSR count). The van der Waals surface area contributed by atoms with E-state index in [1.165, 1.54) is 0 Å². The van der Waals surface area contributed by atoms with Gasteiger partial charge in [-0.25, -0.2) is 4.98 Å². The van der Waals surface area contributed by atoms with Crippen LogP contribution in [0.3, 0.4) is 0 Å². The van der Waals surface area contributed by atoms with Crippen LogP contribution in [0.4, 0.5) is 0 Å². The summed E-state index contributed by atoms with van der Waals surface area (Å²) >= 11 is 25.9. The molecule has 0 fully saturated rings. The number of hydrogen-bond acceptors (Lipinski definition) is 1. The molecule has 134 valence electrons. The van der Waals surface area contributed by atoms with Gasteiger partial charge in [0.15, 0.2) is 0 Å². The molecule has 0 N–H and O–H groups in total. The van der Waals surface area contributed by atoms with E-state index in [0.29, 0.717) is 0 Å². The smallest absolute Gasteiger partial charge is 0.0954 e. The molecule has 26 heavy (non-hydrogen) atoms. The highest BCUT2D eigenvalue weighted by molar-refractivity contribution is 6.39. The molecule has 0 saturated carbocycles. The molecule has 0 spiro atoms. The van der Waals surface area contributed by atoms with Crippen molar-refractivity contribution in [2.75, 3.05) is 0 Å². The summed E-state index contributed by atoms with van der Waals surface area (Å²) in [4.78, 5) is 4.21. The number of hydrogen-bond donors (Lipinski definition) is 0. The van der Waals surface area contributed by atoms with E-state index in [2.05, 4.69) is 33.8 Å². The van der Waals surface area contributed by atoms with E-state index < -0.39 is 10.8 Å². The maximum atomic E-state index is 6.61. The van der Waals surface area contributed by atoms with Gasteiger partial charge < -0.3 is 4.57 Å². The fourth-order valence-corrected chi connectivity index (χ4v) is 4.93. The lowest BCUT2D eigenvalue weighted by Gasteiger charge is -2.34. The van der Waals surface area contributed by atoms with E-state index in [9.17, 15) is 0 Å². The Bertz CT molecular complexity index is 882. The average molecular weight is 426 g/mol. The molecule has 1 aliphatic rings. The third-order valence-electron chi connectivity index (χ3n) is 4.82. The Balaban J connectivity index is 1.84. The van der Waals surface area contributed by atoms with Gasteiger partial charge in [0.1, 0.15) is 0 Å². The van der Waals surface area contributed by atoms with Crippen LogP contribution >= 0.6 is 46.4 Å². The molecular weight excluding hydrogens is 410 g/mol. The second kappa shape index (κ2) is 7.44. The Morgan fingerprint density at radius 3 is 2.15 bits per heavy atom. The summed E-state index contributed by atoms with van der Waals surface area (Å²) in [6, 6.07) is 16.5. The summed E-state index contributed by atoms with van der Waals surface area (Å²) in [6.45, 7) is 0. The molecule has 0 bridgehead atoms. The fraction of sp³-hybridized carbons (Fsp3) is 0.250. The van der Waals surface area contributed by atoms with Crippen LogP contribution in [-0.2, 0) is 0 Å². The van der Waals surface area contributed by atoms with Gasteiger partial charge in [0.2, 0.25) is 0 Å². The zero-order valence-corrected chi connectivity index (χ0v) is 16.7. The van der Waals surface area contributed by atoms with Crippen LogP contribution in [0, 0.1) is 0 Å². The number of alkyl halides is 4. The maximum Gasteiger partial charge on any atom is 0.0954 e. The molecule has 0 aliphatic heterocycles. The van der Waals surface area contributed by atoms with Crippen molar-refractivity contribution >= 4 is 46.4 Å². The van der Waals surface area contributed by atoms with E-state index in [1.54, 1.807) is 6.20 Å². The summed E-state index contributed by atoms with van der Waals surface area (Å²) in [7, 11) is 0. The molecule has 5 atom stereocenters. The van der Waals surface area contributed by atoms with Gasteiger partial charge in [-0.3, -0.25) is 0 Å². The van der Waals surface area contributed by atoms with E-state index in [1.807, 2.05) is 36.8 Å². The first-order chi connectivity index (χ1) is 12.6. The Labute approximate surface area is 172 Å². The van der Waals surface area contributed by atoms with E-state index >= 15 is 0 Å². The number of aromatic nitrogens is 2. The third kappa shape index (κ3) is 3.14. The number of imidazole rings is 1. The molecule has 0 amide bonds. The molecule has 2 aromatic carbocycles. The number of fused-ring (bicyclic) bond motifs is 1. The summed E-state index contributed by atoms with van der Waals surface area (Å²) < 4.78 is 2.07. The van der Waals surface area contributed by atoms with Gasteiger partial charge in [-0.15, -0.1) is 46.4 Å². The minimum absolute atomic E-state index is 0.0101. The van der Waals surface area contributed by atoms with E-state index in [0.717, 1.165) is 22.3 Å². The quantitative estimate of drug-likeness (QED) is 0.449. The van der Waals surface area contributed by atoms with Crippen molar-refractivity contribution < 1.29 is 0 Å². The van der Waals surface area contributed by atoms with Crippen molar-refractivity contribution in [2.45, 2.75) is 27.6 Å². The van der Waals surface area contributed by atoms with Crippen molar-refractivity contribution in [3.8, 4) is 0 Å². The van der Waals surface area contributed by atoms with Crippen LogP contribution in [-0.4, -0.2) is 20.3 Å². The predicted molar refractivity (Wildman–Crippen MR) is 109 cm³/mol. The molecule has 1 heterocycles. The molecule has 5 unspecified atom stereocenters. The summed E-state index contributed by atoms with van der Waals surface area (Å²) in [5, 5.41) is -1.57. The Kier molecular flexibility index (Phi) is 5.20. The van der Waals surface area contributed by atoms with Gasteiger partial charge in [0, 0.05) is 12.4 Å². The number of halogens is 4. The molecule has 2 nitrogen and oxygen atoms in total. The predicted octanol–water partition coefficient (Wildman–Crippen LogP) is 6.31. The lowest BCUT2D eigenvalue weighted by atomic mass is 9.86. The minimum Gasteiger partial charge on any atom is -0.326 e. The lowest BCUT2D eigenvalue weighted by molar-refractivity contribution is 0.652. The number of rotatable bonds is 3. The monoisotopic (exact) mass is 424 g/mol. The number of benzene rings is 2. The highest BCUT2D eigenvalue weighted by atomic mass is 35.5. The topological polar surface area (TPSA) is 17.8 Å². The van der Waals surface area contributed by atoms with Gasteiger partial charge in [0.05, 0.1) is 33.9 Å². The third-order valence-corrected chi connectivity index (χ3v) is 7.27. The molecule has 0 radical (unpaired) electrons. The summed E-state index contributed by atoms with van der Waals surface area (Å²) in [5.74, 6) is 0. The Hall–Kier alpha value is -1.19. The van der Waals surface area contributed by atoms with Crippen LogP contribution in [0.1, 0.15) is 39.0 Å². The highest BCUT2D eigenvalue weighted by Gasteiger charge is 2.39. The molecule has 1 aromatic heterocycles. The second-order valence-electron chi connectivity index (χ2n) is 6.40. The van der Waals surface area contributed by atoms with Crippen molar-refractivity contribution in [3.63, 3.8) is 0 Å². The van der Waals surface area contributed by atoms with Crippen LogP contribution in [0.25, 0.3) is 0 Å². The normalized spacial score (nSPS) is 26.3. The average Bonchev–Trinajstić information content (AvgIpc) is 3.20. The second-order valence-corrected chi connectivity index (χ2v) is 8.35. The van der Waals surface area contributed by atoms with Crippen molar-refractivity contribution in [3.05, 3.63) is 89.5 Å². The van der Waals surface area contributed by atoms with Crippen molar-refractivity contribution in [1.29, 1.82) is 0 Å². The van der Waals surface area contributed by atoms with Crippen LogP contribution < -0.4 is 0 Å². The van der Waals surface area contributed by atoms with E-state index in [-0.39, 0.29) is 16.8 Å². The van der Waals surface area contributed by atoms with Crippen LogP contribution in [0.2, 0.25) is 0 Å². The molecule has 0 saturated heterocycles. The van der Waals surface area contributed by atoms with Crippen molar-refractivity contribution in [2.24, 2.45) is 0 Å². The number of nitrogens with zero attached hydrogens (tertiary/aromatic N) is 2. The molecule has 3 aromatic rings. The largest absolute Gasteiger partial charge is 0.326 e. The maximum absolute atomic E-state index is 6.61. The van der Waals surface area contributed by atoms with Crippen LogP contribution in [0.15, 0.2) is 67.3 Å². The Morgan fingerprint density at radius 2 is 1.50 bits per heavy atom. The van der Waals surface area contributed by atoms with Gasteiger partial charge in [-0.1, -0.05) is 48.5 Å². The first-order valence-corrected chi connectivity index (χ1v) is 10.0. The van der Waals surface area contributed by atoms with Gasteiger partial charge in [-0.2, -0.15) is 0 Å². The zero-order chi connectivity index (χ0) is 18.3. The summed E-state index contributed by atoms with van der Waals surface area (Å²) in [6.07, 6.45) is 5.55. The van der Waals surface area contributed by atoms with Gasteiger partial charge in [-0.05, 0) is 22.3 Å². The van der Waals surface area contributed by atoms with Gasteiger partial charge >= 0.3 is 0 Å². The first-order valence-electron chi connectivity index (χ1n) is 8.30. The standard InChI is InChI=1S/C20H16Cl4N2/c21-16-14-7-6-13(10-15(14)17(22)19(24)18(16)23)20(26-9-8-25-11-26)12-4-2-1-3-5-12/h1-11,16-20H. The SMILES string of the molecule is ClC1c2ccc(C(c3ccccc3)n3ccnc3)cc2C(Cl)C(Cl)C1Cl.